The molecule has 2 heteroatoms. The molecule has 1 N–H and O–H groups in total. The average molecular weight is 219 g/mol. The van der Waals surface area contributed by atoms with Gasteiger partial charge >= 0.3 is 0 Å². The van der Waals surface area contributed by atoms with Gasteiger partial charge in [0.25, 0.3) is 0 Å². The second-order valence-corrected chi connectivity index (χ2v) is 4.87. The first-order valence-corrected chi connectivity index (χ1v) is 6.16. The van der Waals surface area contributed by atoms with Crippen molar-refractivity contribution in [2.24, 2.45) is 5.92 Å². The van der Waals surface area contributed by atoms with E-state index in [1.54, 1.807) is 0 Å². The maximum Gasteiger partial charge on any atom is 0.0471 e. The van der Waals surface area contributed by atoms with Crippen LogP contribution in [0.3, 0.4) is 0 Å². The second-order valence-electron chi connectivity index (χ2n) is 4.87. The molecular weight excluding hydrogens is 198 g/mol. The molecule has 0 aliphatic carbocycles. The van der Waals surface area contributed by atoms with Crippen LogP contribution < -0.4 is 0 Å². The van der Waals surface area contributed by atoms with Gasteiger partial charge in [0, 0.05) is 19.7 Å². The Labute approximate surface area is 97.9 Å². The van der Waals surface area contributed by atoms with E-state index < -0.39 is 0 Å². The fourth-order valence-electron chi connectivity index (χ4n) is 2.31. The van der Waals surface area contributed by atoms with Crippen LogP contribution in [0.1, 0.15) is 17.5 Å². The molecule has 1 aliphatic rings. The topological polar surface area (TPSA) is 23.5 Å². The molecule has 0 saturated carbocycles. The molecule has 1 unspecified atom stereocenters. The summed E-state index contributed by atoms with van der Waals surface area (Å²) in [6.07, 6.45) is 2.28. The summed E-state index contributed by atoms with van der Waals surface area (Å²) >= 11 is 0. The summed E-state index contributed by atoms with van der Waals surface area (Å²) in [7, 11) is 0. The lowest BCUT2D eigenvalue weighted by Crippen LogP contribution is -2.24. The number of likely N-dealkylation sites (tertiary alicyclic amines) is 1. The molecule has 1 saturated heterocycles. The van der Waals surface area contributed by atoms with Crippen molar-refractivity contribution in [1.82, 2.24) is 4.90 Å². The molecule has 2 nitrogen and oxygen atoms in total. The van der Waals surface area contributed by atoms with Gasteiger partial charge in [0.1, 0.15) is 0 Å². The molecule has 0 bridgehead atoms. The first-order valence-electron chi connectivity index (χ1n) is 6.16. The molecule has 1 aromatic rings. The fraction of sp³-hybridized carbons (Fsp3) is 0.571. The van der Waals surface area contributed by atoms with Crippen LogP contribution in [-0.2, 0) is 6.42 Å². The number of aliphatic hydroxyl groups excluding tert-OH is 1. The van der Waals surface area contributed by atoms with E-state index in [0.717, 1.165) is 32.5 Å². The SMILES string of the molecule is Cc1ccc(CCN2CCC(CO)C2)cc1. The number of hydrogen-bond acceptors (Lipinski definition) is 2. The number of rotatable bonds is 4. The highest BCUT2D eigenvalue weighted by atomic mass is 16.3. The summed E-state index contributed by atoms with van der Waals surface area (Å²) in [5, 5.41) is 9.07. The largest absolute Gasteiger partial charge is 0.396 e. The Kier molecular flexibility index (Phi) is 3.97. The number of hydrogen-bond donors (Lipinski definition) is 1. The van der Waals surface area contributed by atoms with Gasteiger partial charge in [-0.05, 0) is 37.8 Å². The normalized spacial score (nSPS) is 21.5. The third-order valence-electron chi connectivity index (χ3n) is 3.47. The Morgan fingerprint density at radius 3 is 2.69 bits per heavy atom. The number of nitrogens with zero attached hydrogens (tertiary/aromatic N) is 1. The van der Waals surface area contributed by atoms with Crippen LogP contribution in [0.15, 0.2) is 24.3 Å². The lowest BCUT2D eigenvalue weighted by Gasteiger charge is -2.15. The molecule has 1 fully saturated rings. The summed E-state index contributed by atoms with van der Waals surface area (Å²) in [5.74, 6) is 0.512. The first-order chi connectivity index (χ1) is 7.78. The molecule has 0 radical (unpaired) electrons. The molecule has 1 heterocycles. The standard InChI is InChI=1S/C14H21NO/c1-12-2-4-13(5-3-12)6-8-15-9-7-14(10-15)11-16/h2-5,14,16H,6-11H2,1H3. The van der Waals surface area contributed by atoms with Gasteiger partial charge in [-0.1, -0.05) is 29.8 Å². The molecule has 2 rings (SSSR count). The zero-order chi connectivity index (χ0) is 11.4. The maximum absolute atomic E-state index is 9.07. The van der Waals surface area contributed by atoms with Crippen LogP contribution in [0, 0.1) is 12.8 Å². The molecule has 88 valence electrons. The molecule has 0 amide bonds. The lowest BCUT2D eigenvalue weighted by molar-refractivity contribution is 0.222. The smallest absolute Gasteiger partial charge is 0.0471 e. The molecule has 16 heavy (non-hydrogen) atoms. The van der Waals surface area contributed by atoms with Crippen LogP contribution >= 0.6 is 0 Å². The highest BCUT2D eigenvalue weighted by Crippen LogP contribution is 2.15. The Bertz CT molecular complexity index is 320. The van der Waals surface area contributed by atoms with Crippen LogP contribution in [0.2, 0.25) is 0 Å². The van der Waals surface area contributed by atoms with E-state index in [-0.39, 0.29) is 0 Å². The van der Waals surface area contributed by atoms with Crippen molar-refractivity contribution in [3.8, 4) is 0 Å². The monoisotopic (exact) mass is 219 g/mol. The van der Waals surface area contributed by atoms with Gasteiger partial charge in [-0.3, -0.25) is 0 Å². The number of aliphatic hydroxyl groups is 1. The van der Waals surface area contributed by atoms with Crippen LogP contribution in [0.4, 0.5) is 0 Å². The second kappa shape index (κ2) is 5.46. The highest BCUT2D eigenvalue weighted by Gasteiger charge is 2.20. The van der Waals surface area contributed by atoms with E-state index in [9.17, 15) is 0 Å². The van der Waals surface area contributed by atoms with Crippen molar-refractivity contribution in [2.75, 3.05) is 26.2 Å². The van der Waals surface area contributed by atoms with Crippen molar-refractivity contribution in [2.45, 2.75) is 19.8 Å². The minimum Gasteiger partial charge on any atom is -0.396 e. The molecule has 0 aromatic heterocycles. The lowest BCUT2D eigenvalue weighted by atomic mass is 10.1. The van der Waals surface area contributed by atoms with Crippen LogP contribution in [-0.4, -0.2) is 36.2 Å². The van der Waals surface area contributed by atoms with Gasteiger partial charge in [-0.2, -0.15) is 0 Å². The highest BCUT2D eigenvalue weighted by molar-refractivity contribution is 5.21. The van der Waals surface area contributed by atoms with E-state index in [1.807, 2.05) is 0 Å². The molecular formula is C14H21NO. The van der Waals surface area contributed by atoms with E-state index in [2.05, 4.69) is 36.1 Å². The summed E-state index contributed by atoms with van der Waals surface area (Å²) in [6, 6.07) is 8.79. The van der Waals surface area contributed by atoms with Gasteiger partial charge in [0.05, 0.1) is 0 Å². The summed E-state index contributed by atoms with van der Waals surface area (Å²) < 4.78 is 0. The van der Waals surface area contributed by atoms with Crippen molar-refractivity contribution in [1.29, 1.82) is 0 Å². The van der Waals surface area contributed by atoms with Crippen LogP contribution in [0.5, 0.6) is 0 Å². The van der Waals surface area contributed by atoms with Crippen molar-refractivity contribution < 1.29 is 5.11 Å². The number of aryl methyl sites for hydroxylation is 1. The average Bonchev–Trinajstić information content (AvgIpc) is 2.76. The van der Waals surface area contributed by atoms with Crippen molar-refractivity contribution in [3.05, 3.63) is 35.4 Å². The molecule has 1 atom stereocenters. The van der Waals surface area contributed by atoms with Crippen molar-refractivity contribution in [3.63, 3.8) is 0 Å². The molecule has 0 spiro atoms. The molecule has 1 aromatic carbocycles. The summed E-state index contributed by atoms with van der Waals surface area (Å²) in [4.78, 5) is 2.46. The Balaban J connectivity index is 1.77. The minimum atomic E-state index is 0.348. The van der Waals surface area contributed by atoms with Gasteiger partial charge in [0.15, 0.2) is 0 Å². The van der Waals surface area contributed by atoms with Gasteiger partial charge < -0.3 is 10.0 Å². The Hall–Kier alpha value is -0.860. The van der Waals surface area contributed by atoms with Crippen LogP contribution in [0.25, 0.3) is 0 Å². The number of benzene rings is 1. The third kappa shape index (κ3) is 3.06. The zero-order valence-corrected chi connectivity index (χ0v) is 10.0. The van der Waals surface area contributed by atoms with E-state index >= 15 is 0 Å². The third-order valence-corrected chi connectivity index (χ3v) is 3.47. The van der Waals surface area contributed by atoms with Crippen molar-refractivity contribution >= 4 is 0 Å². The fourth-order valence-corrected chi connectivity index (χ4v) is 2.31. The predicted molar refractivity (Wildman–Crippen MR) is 66.5 cm³/mol. The Morgan fingerprint density at radius 2 is 2.06 bits per heavy atom. The minimum absolute atomic E-state index is 0.348. The predicted octanol–water partition coefficient (Wildman–Crippen LogP) is 1.85. The van der Waals surface area contributed by atoms with E-state index in [4.69, 9.17) is 5.11 Å². The van der Waals surface area contributed by atoms with E-state index in [0.29, 0.717) is 12.5 Å². The van der Waals surface area contributed by atoms with Gasteiger partial charge in [0.2, 0.25) is 0 Å². The van der Waals surface area contributed by atoms with E-state index in [1.165, 1.54) is 11.1 Å². The first kappa shape index (κ1) is 11.6. The maximum atomic E-state index is 9.07. The van der Waals surface area contributed by atoms with Gasteiger partial charge in [-0.25, -0.2) is 0 Å². The summed E-state index contributed by atoms with van der Waals surface area (Å²) in [6.45, 7) is 5.82. The van der Waals surface area contributed by atoms with Gasteiger partial charge in [-0.15, -0.1) is 0 Å². The quantitative estimate of drug-likeness (QED) is 0.835. The Morgan fingerprint density at radius 1 is 1.31 bits per heavy atom. The zero-order valence-electron chi connectivity index (χ0n) is 10.0. The summed E-state index contributed by atoms with van der Waals surface area (Å²) in [5.41, 5.74) is 2.74. The molecule has 1 aliphatic heterocycles.